The van der Waals surface area contributed by atoms with Gasteiger partial charge in [0.25, 0.3) is 5.91 Å². The molecule has 2 fully saturated rings. The second-order valence-corrected chi connectivity index (χ2v) is 6.86. The van der Waals surface area contributed by atoms with Crippen molar-refractivity contribution in [2.75, 3.05) is 31.1 Å². The van der Waals surface area contributed by atoms with Crippen LogP contribution in [0.4, 0.5) is 10.5 Å². The Morgan fingerprint density at radius 1 is 1.28 bits per heavy atom. The zero-order valence-corrected chi connectivity index (χ0v) is 14.8. The van der Waals surface area contributed by atoms with E-state index in [1.807, 2.05) is 0 Å². The zero-order valence-electron chi connectivity index (χ0n) is 14.8. The van der Waals surface area contributed by atoms with Crippen molar-refractivity contribution in [1.29, 1.82) is 0 Å². The van der Waals surface area contributed by atoms with Crippen molar-refractivity contribution in [2.24, 2.45) is 5.92 Å². The lowest BCUT2D eigenvalue weighted by molar-refractivity contribution is -0.00293. The molecular formula is C19H27N3O3. The average Bonchev–Trinajstić information content (AvgIpc) is 3.06. The van der Waals surface area contributed by atoms with E-state index < -0.39 is 0 Å². The van der Waals surface area contributed by atoms with Crippen molar-refractivity contribution in [3.63, 3.8) is 0 Å². The average molecular weight is 345 g/mol. The smallest absolute Gasteiger partial charge is 0.321 e. The van der Waals surface area contributed by atoms with Gasteiger partial charge in [0.15, 0.2) is 0 Å². The number of benzene rings is 1. The molecule has 1 heterocycles. The molecule has 3 rings (SSSR count). The van der Waals surface area contributed by atoms with E-state index in [-0.39, 0.29) is 11.9 Å². The van der Waals surface area contributed by atoms with Crippen LogP contribution >= 0.6 is 0 Å². The van der Waals surface area contributed by atoms with E-state index in [1.165, 1.54) is 19.3 Å². The molecule has 1 saturated carbocycles. The summed E-state index contributed by atoms with van der Waals surface area (Å²) in [5, 5.41) is 5.66. The van der Waals surface area contributed by atoms with Crippen LogP contribution in [0.2, 0.25) is 0 Å². The number of urea groups is 1. The van der Waals surface area contributed by atoms with Crippen molar-refractivity contribution in [3.05, 3.63) is 29.8 Å². The highest BCUT2D eigenvalue weighted by Gasteiger charge is 2.22. The van der Waals surface area contributed by atoms with E-state index >= 15 is 0 Å². The molecule has 1 aromatic rings. The summed E-state index contributed by atoms with van der Waals surface area (Å²) in [6.07, 6.45) is 5.23. The third kappa shape index (κ3) is 4.51. The number of nitrogens with one attached hydrogen (secondary N) is 2. The number of hydrogen-bond acceptors (Lipinski definition) is 3. The lowest BCUT2D eigenvalue weighted by Crippen LogP contribution is -2.32. The molecule has 1 aliphatic heterocycles. The van der Waals surface area contributed by atoms with Gasteiger partial charge in [0.2, 0.25) is 0 Å². The Bertz CT molecular complexity index is 602. The molecule has 6 nitrogen and oxygen atoms in total. The first-order valence-corrected chi connectivity index (χ1v) is 9.20. The Hall–Kier alpha value is -2.08. The zero-order chi connectivity index (χ0) is 17.6. The van der Waals surface area contributed by atoms with Crippen LogP contribution in [0, 0.1) is 5.92 Å². The molecule has 6 heteroatoms. The van der Waals surface area contributed by atoms with E-state index in [2.05, 4.69) is 17.6 Å². The number of amides is 3. The van der Waals surface area contributed by atoms with Gasteiger partial charge in [-0.2, -0.15) is 0 Å². The highest BCUT2D eigenvalue weighted by Crippen LogP contribution is 2.26. The highest BCUT2D eigenvalue weighted by atomic mass is 16.5. The summed E-state index contributed by atoms with van der Waals surface area (Å²) in [6, 6.07) is 7.02. The minimum Gasteiger partial charge on any atom is -0.376 e. The first-order valence-electron chi connectivity index (χ1n) is 9.20. The third-order valence-corrected chi connectivity index (χ3v) is 5.05. The molecule has 2 N–H and O–H groups in total. The summed E-state index contributed by atoms with van der Waals surface area (Å²) in [7, 11) is 0. The van der Waals surface area contributed by atoms with Crippen molar-refractivity contribution in [2.45, 2.75) is 38.7 Å². The minimum atomic E-state index is -0.113. The van der Waals surface area contributed by atoms with Crippen LogP contribution in [0.5, 0.6) is 0 Å². The fraction of sp³-hybridized carbons (Fsp3) is 0.579. The van der Waals surface area contributed by atoms with E-state index in [4.69, 9.17) is 4.74 Å². The predicted molar refractivity (Wildman–Crippen MR) is 96.9 cm³/mol. The van der Waals surface area contributed by atoms with Crippen LogP contribution in [0.3, 0.4) is 0 Å². The van der Waals surface area contributed by atoms with Gasteiger partial charge in [-0.05, 0) is 43.0 Å². The summed E-state index contributed by atoms with van der Waals surface area (Å²) in [4.78, 5) is 25.5. The number of carbonyl (C=O) groups excluding carboxylic acids is 2. The molecule has 0 spiro atoms. The molecule has 1 aliphatic carbocycles. The van der Waals surface area contributed by atoms with Crippen LogP contribution in [0.15, 0.2) is 24.3 Å². The molecule has 0 radical (unpaired) electrons. The normalized spacial score (nSPS) is 23.4. The standard InChI is InChI=1S/C19H27N3O3/c1-14-4-2-3-5-17(14)25-13-11-20-18(23)15-6-8-16(9-7-15)22-12-10-21-19(22)24/h6-9,14,17H,2-5,10-13H2,1H3,(H,20,23)(H,21,24). The van der Waals surface area contributed by atoms with E-state index in [0.29, 0.717) is 43.8 Å². The molecule has 3 amide bonds. The number of rotatable bonds is 6. The fourth-order valence-corrected chi connectivity index (χ4v) is 3.52. The maximum atomic E-state index is 12.2. The van der Waals surface area contributed by atoms with Gasteiger partial charge in [-0.15, -0.1) is 0 Å². The Labute approximate surface area is 148 Å². The summed E-state index contributed by atoms with van der Waals surface area (Å²) < 4.78 is 5.91. The largest absolute Gasteiger partial charge is 0.376 e. The van der Waals surface area contributed by atoms with Gasteiger partial charge < -0.3 is 15.4 Å². The summed E-state index contributed by atoms with van der Waals surface area (Å²) >= 11 is 0. The van der Waals surface area contributed by atoms with Gasteiger partial charge in [-0.25, -0.2) is 4.79 Å². The highest BCUT2D eigenvalue weighted by molar-refractivity contribution is 5.96. The molecule has 2 unspecified atom stereocenters. The summed E-state index contributed by atoms with van der Waals surface area (Å²) in [6.45, 7) is 4.61. The lowest BCUT2D eigenvalue weighted by atomic mass is 9.88. The minimum absolute atomic E-state index is 0.0914. The maximum Gasteiger partial charge on any atom is 0.321 e. The van der Waals surface area contributed by atoms with Gasteiger partial charge in [-0.1, -0.05) is 19.8 Å². The maximum absolute atomic E-state index is 12.2. The monoisotopic (exact) mass is 345 g/mol. The summed E-state index contributed by atoms with van der Waals surface area (Å²) in [5.74, 6) is 0.498. The summed E-state index contributed by atoms with van der Waals surface area (Å²) in [5.41, 5.74) is 1.40. The van der Waals surface area contributed by atoms with Crippen LogP contribution < -0.4 is 15.5 Å². The van der Waals surface area contributed by atoms with Gasteiger partial charge >= 0.3 is 6.03 Å². The Morgan fingerprint density at radius 2 is 2.04 bits per heavy atom. The third-order valence-electron chi connectivity index (χ3n) is 5.05. The SMILES string of the molecule is CC1CCCCC1OCCNC(=O)c1ccc(N2CCNC2=O)cc1. The van der Waals surface area contributed by atoms with Crippen molar-refractivity contribution >= 4 is 17.6 Å². The van der Waals surface area contributed by atoms with E-state index in [0.717, 1.165) is 12.1 Å². The second kappa shape index (κ2) is 8.34. The quantitative estimate of drug-likeness (QED) is 0.779. The molecule has 136 valence electrons. The predicted octanol–water partition coefficient (Wildman–Crippen LogP) is 2.54. The van der Waals surface area contributed by atoms with Crippen LogP contribution in [-0.4, -0.2) is 44.3 Å². The Morgan fingerprint density at radius 3 is 2.72 bits per heavy atom. The van der Waals surface area contributed by atoms with Crippen molar-refractivity contribution < 1.29 is 14.3 Å². The molecule has 0 bridgehead atoms. The van der Waals surface area contributed by atoms with Gasteiger partial charge in [0.05, 0.1) is 12.7 Å². The van der Waals surface area contributed by atoms with Gasteiger partial charge in [-0.3, -0.25) is 9.69 Å². The first-order chi connectivity index (χ1) is 12.1. The fourth-order valence-electron chi connectivity index (χ4n) is 3.52. The Kier molecular flexibility index (Phi) is 5.91. The van der Waals surface area contributed by atoms with Crippen molar-refractivity contribution in [1.82, 2.24) is 10.6 Å². The molecule has 2 aliphatic rings. The number of nitrogens with zero attached hydrogens (tertiary/aromatic N) is 1. The van der Waals surface area contributed by atoms with Gasteiger partial charge in [0.1, 0.15) is 0 Å². The van der Waals surface area contributed by atoms with E-state index in [9.17, 15) is 9.59 Å². The topological polar surface area (TPSA) is 70.7 Å². The molecule has 25 heavy (non-hydrogen) atoms. The number of ether oxygens (including phenoxy) is 1. The molecule has 1 saturated heterocycles. The number of carbonyl (C=O) groups is 2. The molecule has 0 aromatic heterocycles. The van der Waals surface area contributed by atoms with Crippen LogP contribution in [0.25, 0.3) is 0 Å². The van der Waals surface area contributed by atoms with Gasteiger partial charge in [0, 0.05) is 30.9 Å². The second-order valence-electron chi connectivity index (χ2n) is 6.86. The first kappa shape index (κ1) is 17.7. The van der Waals surface area contributed by atoms with E-state index in [1.54, 1.807) is 29.2 Å². The molecular weight excluding hydrogens is 318 g/mol. The van der Waals surface area contributed by atoms with Crippen LogP contribution in [-0.2, 0) is 4.74 Å². The van der Waals surface area contributed by atoms with Crippen molar-refractivity contribution in [3.8, 4) is 0 Å². The molecule has 2 atom stereocenters. The lowest BCUT2D eigenvalue weighted by Gasteiger charge is -2.28. The Balaban J connectivity index is 1.43. The number of anilines is 1. The van der Waals surface area contributed by atoms with Crippen LogP contribution in [0.1, 0.15) is 43.0 Å². The molecule has 1 aromatic carbocycles. The number of hydrogen-bond donors (Lipinski definition) is 2.